The molecule has 0 saturated carbocycles. The number of aryl methyl sites for hydroxylation is 1. The summed E-state index contributed by atoms with van der Waals surface area (Å²) in [5.74, 6) is 0.465. The highest BCUT2D eigenvalue weighted by Crippen LogP contribution is 2.29. The first kappa shape index (κ1) is 12.1. The number of nitrogens with two attached hydrogens (primary N) is 1. The van der Waals surface area contributed by atoms with Crippen LogP contribution in [0.5, 0.6) is 0 Å². The molecule has 17 heavy (non-hydrogen) atoms. The van der Waals surface area contributed by atoms with Gasteiger partial charge in [-0.25, -0.2) is 9.37 Å². The molecule has 0 saturated heterocycles. The van der Waals surface area contributed by atoms with Crippen molar-refractivity contribution < 1.29 is 4.39 Å². The third-order valence-corrected chi connectivity index (χ3v) is 3.00. The maximum atomic E-state index is 13.8. The highest BCUT2D eigenvalue weighted by Gasteiger charge is 2.16. The van der Waals surface area contributed by atoms with E-state index < -0.39 is 0 Å². The van der Waals surface area contributed by atoms with E-state index in [1.165, 1.54) is 12.1 Å². The van der Waals surface area contributed by atoms with Gasteiger partial charge in [-0.2, -0.15) is 0 Å². The van der Waals surface area contributed by atoms with Crippen molar-refractivity contribution in [1.82, 2.24) is 9.55 Å². The Morgan fingerprint density at radius 3 is 2.82 bits per heavy atom. The average molecular weight is 254 g/mol. The molecular formula is C12H13ClFN3. The largest absolute Gasteiger partial charge is 0.331 e. The lowest BCUT2D eigenvalue weighted by Gasteiger charge is -2.07. The second kappa shape index (κ2) is 4.47. The van der Waals surface area contributed by atoms with E-state index in [2.05, 4.69) is 4.98 Å². The van der Waals surface area contributed by atoms with Crippen LogP contribution in [0.4, 0.5) is 4.39 Å². The molecule has 1 heterocycles. The predicted molar refractivity (Wildman–Crippen MR) is 66.2 cm³/mol. The molecule has 2 aromatic rings. The lowest BCUT2D eigenvalue weighted by molar-refractivity contribution is 0.629. The fourth-order valence-corrected chi connectivity index (χ4v) is 2.01. The van der Waals surface area contributed by atoms with Gasteiger partial charge in [-0.1, -0.05) is 11.6 Å². The first-order valence-corrected chi connectivity index (χ1v) is 5.60. The van der Waals surface area contributed by atoms with Gasteiger partial charge in [0.1, 0.15) is 11.6 Å². The summed E-state index contributed by atoms with van der Waals surface area (Å²) in [7, 11) is 1.83. The van der Waals surface area contributed by atoms with Crippen LogP contribution < -0.4 is 5.73 Å². The van der Waals surface area contributed by atoms with Gasteiger partial charge in [0.25, 0.3) is 0 Å². The predicted octanol–water partition coefficient (Wildman–Crippen LogP) is 2.65. The van der Waals surface area contributed by atoms with Gasteiger partial charge >= 0.3 is 0 Å². The van der Waals surface area contributed by atoms with Crippen molar-refractivity contribution in [2.75, 3.05) is 0 Å². The van der Waals surface area contributed by atoms with E-state index in [1.54, 1.807) is 6.07 Å². The summed E-state index contributed by atoms with van der Waals surface area (Å²) in [6.07, 6.45) is 0. The molecule has 2 rings (SSSR count). The van der Waals surface area contributed by atoms with Crippen LogP contribution in [-0.4, -0.2) is 9.55 Å². The van der Waals surface area contributed by atoms with E-state index in [-0.39, 0.29) is 12.4 Å². The average Bonchev–Trinajstić information content (AvgIpc) is 2.59. The summed E-state index contributed by atoms with van der Waals surface area (Å²) in [6.45, 7) is 2.12. The fourth-order valence-electron chi connectivity index (χ4n) is 1.84. The first-order chi connectivity index (χ1) is 8.04. The number of benzene rings is 1. The summed E-state index contributed by atoms with van der Waals surface area (Å²) >= 11 is 5.89. The molecule has 3 nitrogen and oxygen atoms in total. The molecule has 0 atom stereocenters. The van der Waals surface area contributed by atoms with Crippen molar-refractivity contribution >= 4 is 11.6 Å². The summed E-state index contributed by atoms with van der Waals surface area (Å²) in [5, 5.41) is 0.489. The summed E-state index contributed by atoms with van der Waals surface area (Å²) < 4.78 is 15.6. The Labute approximate surface area is 104 Å². The molecule has 0 amide bonds. The molecule has 0 aliphatic rings. The number of hydrogen-bond acceptors (Lipinski definition) is 2. The second-order valence-electron chi connectivity index (χ2n) is 3.84. The Morgan fingerprint density at radius 2 is 2.18 bits per heavy atom. The molecule has 0 radical (unpaired) electrons. The smallest absolute Gasteiger partial charge is 0.132 e. The Kier molecular flexibility index (Phi) is 3.17. The molecule has 90 valence electrons. The van der Waals surface area contributed by atoms with Crippen LogP contribution in [0.25, 0.3) is 11.3 Å². The molecule has 0 unspecified atom stereocenters. The monoisotopic (exact) mass is 253 g/mol. The Morgan fingerprint density at radius 1 is 1.47 bits per heavy atom. The minimum Gasteiger partial charge on any atom is -0.331 e. The molecule has 0 aliphatic heterocycles. The number of hydrogen-bond donors (Lipinski definition) is 1. The van der Waals surface area contributed by atoms with E-state index in [0.29, 0.717) is 22.0 Å². The molecule has 2 N–H and O–H groups in total. The highest BCUT2D eigenvalue weighted by atomic mass is 35.5. The van der Waals surface area contributed by atoms with Crippen molar-refractivity contribution in [2.24, 2.45) is 12.8 Å². The van der Waals surface area contributed by atoms with Gasteiger partial charge in [0, 0.05) is 24.2 Å². The topological polar surface area (TPSA) is 43.8 Å². The third-order valence-electron chi connectivity index (χ3n) is 2.77. The van der Waals surface area contributed by atoms with E-state index in [0.717, 1.165) is 5.82 Å². The molecule has 0 fully saturated rings. The van der Waals surface area contributed by atoms with Crippen molar-refractivity contribution in [1.29, 1.82) is 0 Å². The van der Waals surface area contributed by atoms with E-state index >= 15 is 0 Å². The summed E-state index contributed by atoms with van der Waals surface area (Å²) in [5.41, 5.74) is 7.42. The maximum absolute atomic E-state index is 13.8. The van der Waals surface area contributed by atoms with E-state index in [9.17, 15) is 4.39 Å². The lowest BCUT2D eigenvalue weighted by Crippen LogP contribution is -2.02. The first-order valence-electron chi connectivity index (χ1n) is 5.22. The van der Waals surface area contributed by atoms with E-state index in [1.807, 2.05) is 18.5 Å². The van der Waals surface area contributed by atoms with Crippen LogP contribution in [-0.2, 0) is 13.6 Å². The van der Waals surface area contributed by atoms with Crippen LogP contribution in [0.15, 0.2) is 18.2 Å². The van der Waals surface area contributed by atoms with Gasteiger partial charge in [-0.3, -0.25) is 0 Å². The van der Waals surface area contributed by atoms with E-state index in [4.69, 9.17) is 17.3 Å². The van der Waals surface area contributed by atoms with Crippen LogP contribution in [0, 0.1) is 12.7 Å². The lowest BCUT2D eigenvalue weighted by atomic mass is 10.1. The van der Waals surface area contributed by atoms with Crippen LogP contribution in [0.1, 0.15) is 11.5 Å². The van der Waals surface area contributed by atoms with Crippen molar-refractivity contribution in [3.05, 3.63) is 40.6 Å². The number of rotatable bonds is 2. The summed E-state index contributed by atoms with van der Waals surface area (Å²) in [4.78, 5) is 4.30. The van der Waals surface area contributed by atoms with Gasteiger partial charge < -0.3 is 10.3 Å². The Hall–Kier alpha value is -1.39. The number of imidazole rings is 1. The van der Waals surface area contributed by atoms with Gasteiger partial charge in [0.15, 0.2) is 0 Å². The normalized spacial score (nSPS) is 10.9. The highest BCUT2D eigenvalue weighted by molar-refractivity contribution is 6.30. The Balaban J connectivity index is 2.71. The third kappa shape index (κ3) is 2.06. The fraction of sp³-hybridized carbons (Fsp3) is 0.250. The van der Waals surface area contributed by atoms with Crippen molar-refractivity contribution in [3.63, 3.8) is 0 Å². The zero-order valence-corrected chi connectivity index (χ0v) is 10.4. The number of aromatic nitrogens is 2. The molecular weight excluding hydrogens is 241 g/mol. The van der Waals surface area contributed by atoms with Crippen LogP contribution in [0.2, 0.25) is 5.02 Å². The minimum absolute atomic E-state index is 0.267. The molecule has 1 aromatic carbocycles. The second-order valence-corrected chi connectivity index (χ2v) is 4.28. The van der Waals surface area contributed by atoms with Crippen LogP contribution in [0.3, 0.4) is 0 Å². The van der Waals surface area contributed by atoms with Crippen LogP contribution >= 0.6 is 11.6 Å². The van der Waals surface area contributed by atoms with Gasteiger partial charge in [-0.15, -0.1) is 0 Å². The molecule has 5 heteroatoms. The zero-order chi connectivity index (χ0) is 12.6. The number of nitrogens with zero attached hydrogens (tertiary/aromatic N) is 2. The molecule has 0 spiro atoms. The maximum Gasteiger partial charge on any atom is 0.132 e. The quantitative estimate of drug-likeness (QED) is 0.894. The Bertz CT molecular complexity index is 563. The SMILES string of the molecule is Cc1nc(CN)c(-c2cc(Cl)ccc2F)n1C. The summed E-state index contributed by atoms with van der Waals surface area (Å²) in [6, 6.07) is 4.46. The van der Waals surface area contributed by atoms with Gasteiger partial charge in [0.2, 0.25) is 0 Å². The standard InChI is InChI=1S/C12H13ClFN3/c1-7-16-11(6-15)12(17(7)2)9-5-8(13)3-4-10(9)14/h3-5H,6,15H2,1-2H3. The molecule has 0 bridgehead atoms. The van der Waals surface area contributed by atoms with Crippen molar-refractivity contribution in [3.8, 4) is 11.3 Å². The van der Waals surface area contributed by atoms with Gasteiger partial charge in [0.05, 0.1) is 11.4 Å². The van der Waals surface area contributed by atoms with Crippen molar-refractivity contribution in [2.45, 2.75) is 13.5 Å². The minimum atomic E-state index is -0.327. The zero-order valence-electron chi connectivity index (χ0n) is 9.67. The molecule has 1 aromatic heterocycles. The molecule has 0 aliphatic carbocycles. The van der Waals surface area contributed by atoms with Gasteiger partial charge in [-0.05, 0) is 25.1 Å². The number of halogens is 2.